The molecule has 114 valence electrons. The van der Waals surface area contributed by atoms with Crippen LogP contribution in [-0.2, 0) is 0 Å². The molecule has 1 heterocycles. The Bertz CT molecular complexity index is 591. The van der Waals surface area contributed by atoms with Crippen molar-refractivity contribution >= 4 is 16.6 Å². The summed E-state index contributed by atoms with van der Waals surface area (Å²) in [7, 11) is 0. The largest absolute Gasteiger partial charge is 0.382 e. The summed E-state index contributed by atoms with van der Waals surface area (Å²) in [5.74, 6) is 0.880. The van der Waals surface area contributed by atoms with Crippen LogP contribution in [0.5, 0.6) is 0 Å². The van der Waals surface area contributed by atoms with Crippen molar-refractivity contribution < 1.29 is 0 Å². The molecule has 1 aromatic carbocycles. The molecule has 3 heteroatoms. The zero-order valence-electron chi connectivity index (χ0n) is 13.4. The molecular weight excluding hydrogens is 258 g/mol. The molecule has 0 bridgehead atoms. The summed E-state index contributed by atoms with van der Waals surface area (Å²) in [4.78, 5) is 0. The van der Waals surface area contributed by atoms with Gasteiger partial charge in [-0.05, 0) is 49.1 Å². The second-order valence-electron chi connectivity index (χ2n) is 7.17. The maximum Gasteiger partial charge on any atom is 0.0671 e. The monoisotopic (exact) mass is 285 g/mol. The van der Waals surface area contributed by atoms with Gasteiger partial charge in [-0.25, -0.2) is 0 Å². The van der Waals surface area contributed by atoms with Crippen molar-refractivity contribution in [2.45, 2.75) is 58.9 Å². The van der Waals surface area contributed by atoms with Gasteiger partial charge in [-0.15, -0.1) is 0 Å². The van der Waals surface area contributed by atoms with Crippen LogP contribution in [0.15, 0.2) is 24.4 Å². The van der Waals surface area contributed by atoms with Gasteiger partial charge in [0, 0.05) is 17.1 Å². The summed E-state index contributed by atoms with van der Waals surface area (Å²) in [6.45, 7) is 7.18. The first-order chi connectivity index (χ1) is 10.1. The Labute approximate surface area is 127 Å². The van der Waals surface area contributed by atoms with Crippen LogP contribution >= 0.6 is 0 Å². The van der Waals surface area contributed by atoms with Gasteiger partial charge in [-0.2, -0.15) is 5.10 Å². The zero-order chi connectivity index (χ0) is 14.9. The highest BCUT2D eigenvalue weighted by Crippen LogP contribution is 2.41. The first-order valence-corrected chi connectivity index (χ1v) is 8.29. The molecule has 3 nitrogen and oxygen atoms in total. The Balaban J connectivity index is 1.64. The van der Waals surface area contributed by atoms with Gasteiger partial charge in [0.15, 0.2) is 0 Å². The average Bonchev–Trinajstić information content (AvgIpc) is 2.97. The molecule has 1 aliphatic rings. The normalized spacial score (nSPS) is 23.4. The van der Waals surface area contributed by atoms with Crippen molar-refractivity contribution in [3.63, 3.8) is 0 Å². The van der Waals surface area contributed by atoms with Crippen LogP contribution < -0.4 is 5.32 Å². The quantitative estimate of drug-likeness (QED) is 0.832. The average molecular weight is 285 g/mol. The fourth-order valence-electron chi connectivity index (χ4n) is 3.62. The van der Waals surface area contributed by atoms with Crippen molar-refractivity contribution in [2.24, 2.45) is 11.3 Å². The zero-order valence-corrected chi connectivity index (χ0v) is 13.4. The molecule has 3 rings (SSSR count). The van der Waals surface area contributed by atoms with Crippen molar-refractivity contribution in [1.82, 2.24) is 10.2 Å². The van der Waals surface area contributed by atoms with E-state index >= 15 is 0 Å². The van der Waals surface area contributed by atoms with Crippen molar-refractivity contribution in [3.05, 3.63) is 24.4 Å². The molecule has 2 aromatic rings. The summed E-state index contributed by atoms with van der Waals surface area (Å²) in [5, 5.41) is 12.1. The number of anilines is 1. The number of fused-ring (bicyclic) bond motifs is 1. The third-order valence-electron chi connectivity index (χ3n) is 5.59. The van der Waals surface area contributed by atoms with E-state index in [4.69, 9.17) is 0 Å². The molecule has 1 aliphatic carbocycles. The Kier molecular flexibility index (Phi) is 3.92. The van der Waals surface area contributed by atoms with Gasteiger partial charge >= 0.3 is 0 Å². The van der Waals surface area contributed by atoms with Gasteiger partial charge < -0.3 is 5.32 Å². The fraction of sp³-hybridized carbons (Fsp3) is 0.611. The number of hydrogen-bond donors (Lipinski definition) is 2. The van der Waals surface area contributed by atoms with E-state index in [0.29, 0.717) is 11.5 Å². The second kappa shape index (κ2) is 5.70. The lowest BCUT2D eigenvalue weighted by atomic mass is 9.69. The van der Waals surface area contributed by atoms with Crippen LogP contribution in [-0.4, -0.2) is 16.2 Å². The van der Waals surface area contributed by atoms with Gasteiger partial charge in [-0.1, -0.05) is 33.3 Å². The summed E-state index contributed by atoms with van der Waals surface area (Å²) in [5.41, 5.74) is 2.83. The Morgan fingerprint density at radius 2 is 2.00 bits per heavy atom. The van der Waals surface area contributed by atoms with E-state index in [2.05, 4.69) is 54.5 Å². The van der Waals surface area contributed by atoms with Crippen molar-refractivity contribution in [2.75, 3.05) is 5.32 Å². The van der Waals surface area contributed by atoms with Crippen LogP contribution in [0.3, 0.4) is 0 Å². The molecule has 0 aliphatic heterocycles. The summed E-state index contributed by atoms with van der Waals surface area (Å²) in [6.07, 6.45) is 8.46. The third kappa shape index (κ3) is 2.92. The Morgan fingerprint density at radius 3 is 2.71 bits per heavy atom. The Hall–Kier alpha value is -1.51. The van der Waals surface area contributed by atoms with Gasteiger partial charge in [0.05, 0.1) is 11.7 Å². The second-order valence-corrected chi connectivity index (χ2v) is 7.17. The molecule has 21 heavy (non-hydrogen) atoms. The molecule has 2 N–H and O–H groups in total. The number of nitrogens with zero attached hydrogens (tertiary/aromatic N) is 1. The van der Waals surface area contributed by atoms with Gasteiger partial charge in [0.2, 0.25) is 0 Å². The van der Waals surface area contributed by atoms with Crippen LogP contribution in [0, 0.1) is 11.3 Å². The highest BCUT2D eigenvalue weighted by atomic mass is 15.1. The summed E-state index contributed by atoms with van der Waals surface area (Å²) < 4.78 is 0. The number of aromatic amines is 1. The van der Waals surface area contributed by atoms with Crippen LogP contribution in [0.25, 0.3) is 10.9 Å². The van der Waals surface area contributed by atoms with Gasteiger partial charge in [0.25, 0.3) is 0 Å². The molecule has 0 unspecified atom stereocenters. The number of H-pyrrole nitrogens is 1. The molecule has 1 aromatic heterocycles. The van der Waals surface area contributed by atoms with Crippen LogP contribution in [0.4, 0.5) is 5.69 Å². The predicted octanol–water partition coefficient (Wildman–Crippen LogP) is 4.97. The number of aromatic nitrogens is 2. The molecular formula is C18H27N3. The highest BCUT2D eigenvalue weighted by Gasteiger charge is 2.31. The van der Waals surface area contributed by atoms with E-state index in [-0.39, 0.29) is 0 Å². The molecule has 0 saturated heterocycles. The number of nitrogens with one attached hydrogen (secondary N) is 2. The van der Waals surface area contributed by atoms with E-state index in [1.54, 1.807) is 0 Å². The number of benzene rings is 1. The van der Waals surface area contributed by atoms with Crippen molar-refractivity contribution in [3.8, 4) is 0 Å². The summed E-state index contributed by atoms with van der Waals surface area (Å²) in [6, 6.07) is 6.94. The van der Waals surface area contributed by atoms with Crippen molar-refractivity contribution in [1.29, 1.82) is 0 Å². The smallest absolute Gasteiger partial charge is 0.0671 e. The molecule has 0 amide bonds. The van der Waals surface area contributed by atoms with E-state index < -0.39 is 0 Å². The van der Waals surface area contributed by atoms with Gasteiger partial charge in [0.1, 0.15) is 0 Å². The minimum absolute atomic E-state index is 0.496. The summed E-state index contributed by atoms with van der Waals surface area (Å²) >= 11 is 0. The fourth-order valence-corrected chi connectivity index (χ4v) is 3.62. The lowest BCUT2D eigenvalue weighted by Gasteiger charge is -2.39. The van der Waals surface area contributed by atoms with Crippen LogP contribution in [0.2, 0.25) is 0 Å². The molecule has 0 radical (unpaired) electrons. The van der Waals surface area contributed by atoms with E-state index in [1.807, 2.05) is 6.20 Å². The lowest BCUT2D eigenvalue weighted by molar-refractivity contribution is 0.148. The van der Waals surface area contributed by atoms with E-state index in [9.17, 15) is 0 Å². The number of rotatable bonds is 4. The maximum atomic E-state index is 4.15. The molecule has 1 saturated carbocycles. The molecule has 0 atom stereocenters. The standard InChI is InChI=1S/C18H27N3/c1-4-18(2,3)13-8-10-14(11-9-13)20-16-6-5-7-17-15(16)12-19-21-17/h5-7,12-14,20H,4,8-11H2,1-3H3,(H,19,21). The maximum absolute atomic E-state index is 4.15. The van der Waals surface area contributed by atoms with Crippen LogP contribution in [0.1, 0.15) is 52.9 Å². The minimum atomic E-state index is 0.496. The SMILES string of the molecule is CCC(C)(C)C1CCC(Nc2cccc3[nH]ncc23)CC1. The topological polar surface area (TPSA) is 40.7 Å². The number of hydrogen-bond acceptors (Lipinski definition) is 2. The molecule has 0 spiro atoms. The third-order valence-corrected chi connectivity index (χ3v) is 5.59. The highest BCUT2D eigenvalue weighted by molar-refractivity contribution is 5.90. The van der Waals surface area contributed by atoms with E-state index in [0.717, 1.165) is 11.4 Å². The Morgan fingerprint density at radius 1 is 1.24 bits per heavy atom. The first kappa shape index (κ1) is 14.4. The first-order valence-electron chi connectivity index (χ1n) is 8.29. The molecule has 1 fully saturated rings. The van der Waals surface area contributed by atoms with E-state index in [1.165, 1.54) is 43.2 Å². The lowest BCUT2D eigenvalue weighted by Crippen LogP contribution is -2.32. The van der Waals surface area contributed by atoms with Gasteiger partial charge in [-0.3, -0.25) is 5.10 Å². The predicted molar refractivity (Wildman–Crippen MR) is 89.5 cm³/mol. The minimum Gasteiger partial charge on any atom is -0.382 e.